The number of hydrogen-bond donors (Lipinski definition) is 2. The third-order valence-electron chi connectivity index (χ3n) is 2.77. The standard InChI is InChI=1S/C15H25ClN4O3/c1-10(2)20-13(21)12(16)11(9-19-20)17-7-6-8-18-14(22)23-15(3,4)5/h9-10,17H,6-8H2,1-5H3,(H,18,22). The second kappa shape index (κ2) is 8.19. The van der Waals surface area contributed by atoms with Gasteiger partial charge in [0.2, 0.25) is 0 Å². The van der Waals surface area contributed by atoms with Crippen LogP contribution in [0, 0.1) is 0 Å². The van der Waals surface area contributed by atoms with Crippen LogP contribution >= 0.6 is 11.6 Å². The van der Waals surface area contributed by atoms with Crippen molar-refractivity contribution in [2.75, 3.05) is 18.4 Å². The minimum absolute atomic E-state index is 0.0490. The molecule has 0 aromatic carbocycles. The Morgan fingerprint density at radius 1 is 1.39 bits per heavy atom. The smallest absolute Gasteiger partial charge is 0.407 e. The van der Waals surface area contributed by atoms with Crippen molar-refractivity contribution in [3.63, 3.8) is 0 Å². The molecule has 0 fully saturated rings. The number of ether oxygens (including phenoxy) is 1. The maximum absolute atomic E-state index is 12.0. The van der Waals surface area contributed by atoms with Gasteiger partial charge in [-0.3, -0.25) is 4.79 Å². The average molecular weight is 345 g/mol. The van der Waals surface area contributed by atoms with E-state index in [9.17, 15) is 9.59 Å². The van der Waals surface area contributed by atoms with E-state index in [1.54, 1.807) is 0 Å². The number of nitrogens with one attached hydrogen (secondary N) is 2. The fourth-order valence-corrected chi connectivity index (χ4v) is 1.95. The van der Waals surface area contributed by atoms with Crippen molar-refractivity contribution in [3.8, 4) is 0 Å². The predicted octanol–water partition coefficient (Wildman–Crippen LogP) is 2.80. The zero-order valence-electron chi connectivity index (χ0n) is 14.3. The van der Waals surface area contributed by atoms with Crippen LogP contribution in [0.4, 0.5) is 10.5 Å². The van der Waals surface area contributed by atoms with Crippen LogP contribution in [-0.4, -0.2) is 34.6 Å². The molecule has 8 heteroatoms. The van der Waals surface area contributed by atoms with Crippen molar-refractivity contribution < 1.29 is 9.53 Å². The number of carbonyl (C=O) groups is 1. The summed E-state index contributed by atoms with van der Waals surface area (Å²) in [6.45, 7) is 10.1. The molecule has 0 saturated heterocycles. The van der Waals surface area contributed by atoms with Crippen LogP contribution < -0.4 is 16.2 Å². The Morgan fingerprint density at radius 2 is 2.04 bits per heavy atom. The number of alkyl carbamates (subject to hydrolysis) is 1. The van der Waals surface area contributed by atoms with Gasteiger partial charge in [0.15, 0.2) is 0 Å². The molecule has 2 N–H and O–H groups in total. The Morgan fingerprint density at radius 3 is 2.61 bits per heavy atom. The van der Waals surface area contributed by atoms with Crippen molar-refractivity contribution in [1.29, 1.82) is 0 Å². The summed E-state index contributed by atoms with van der Waals surface area (Å²) in [6, 6.07) is -0.0490. The van der Waals surface area contributed by atoms with E-state index in [-0.39, 0.29) is 16.6 Å². The molecule has 7 nitrogen and oxygen atoms in total. The Bertz CT molecular complexity index is 593. The molecule has 0 saturated carbocycles. The van der Waals surface area contributed by atoms with Gasteiger partial charge in [-0.05, 0) is 41.0 Å². The highest BCUT2D eigenvalue weighted by Crippen LogP contribution is 2.16. The van der Waals surface area contributed by atoms with Gasteiger partial charge in [-0.15, -0.1) is 0 Å². The van der Waals surface area contributed by atoms with Crippen LogP contribution in [0.5, 0.6) is 0 Å². The Labute approximate surface area is 141 Å². The lowest BCUT2D eigenvalue weighted by atomic mass is 10.2. The van der Waals surface area contributed by atoms with E-state index >= 15 is 0 Å². The maximum Gasteiger partial charge on any atom is 0.407 e. The van der Waals surface area contributed by atoms with Crippen LogP contribution in [0.1, 0.15) is 47.1 Å². The molecule has 1 heterocycles. The number of hydrogen-bond acceptors (Lipinski definition) is 5. The van der Waals surface area contributed by atoms with Crippen molar-refractivity contribution in [3.05, 3.63) is 21.6 Å². The summed E-state index contributed by atoms with van der Waals surface area (Å²) in [5, 5.41) is 9.89. The van der Waals surface area contributed by atoms with E-state index in [2.05, 4.69) is 15.7 Å². The van der Waals surface area contributed by atoms with Crippen LogP contribution in [0.25, 0.3) is 0 Å². The van der Waals surface area contributed by atoms with Crippen molar-refractivity contribution in [2.24, 2.45) is 0 Å². The number of rotatable bonds is 6. The first-order valence-electron chi connectivity index (χ1n) is 7.60. The summed E-state index contributed by atoms with van der Waals surface area (Å²) in [5.74, 6) is 0. The van der Waals surface area contributed by atoms with Crippen LogP contribution in [0.3, 0.4) is 0 Å². The Balaban J connectivity index is 2.41. The second-order valence-corrected chi connectivity index (χ2v) is 6.80. The molecule has 0 radical (unpaired) electrons. The van der Waals surface area contributed by atoms with Gasteiger partial charge in [-0.1, -0.05) is 11.6 Å². The van der Waals surface area contributed by atoms with E-state index < -0.39 is 11.7 Å². The lowest BCUT2D eigenvalue weighted by Crippen LogP contribution is -2.33. The normalized spacial score (nSPS) is 11.4. The number of amides is 1. The first kappa shape index (κ1) is 19.3. The van der Waals surface area contributed by atoms with E-state index in [0.717, 1.165) is 0 Å². The first-order valence-corrected chi connectivity index (χ1v) is 7.97. The average Bonchev–Trinajstić information content (AvgIpc) is 2.40. The Kier molecular flexibility index (Phi) is 6.87. The van der Waals surface area contributed by atoms with Gasteiger partial charge in [0.25, 0.3) is 5.56 Å². The van der Waals surface area contributed by atoms with Gasteiger partial charge >= 0.3 is 6.09 Å². The number of halogens is 1. The lowest BCUT2D eigenvalue weighted by molar-refractivity contribution is 0.0528. The molecule has 0 aliphatic rings. The van der Waals surface area contributed by atoms with Gasteiger partial charge in [-0.2, -0.15) is 5.10 Å². The van der Waals surface area contributed by atoms with Gasteiger partial charge in [0.1, 0.15) is 10.6 Å². The molecule has 1 aromatic rings. The topological polar surface area (TPSA) is 85.2 Å². The summed E-state index contributed by atoms with van der Waals surface area (Å²) >= 11 is 6.05. The predicted molar refractivity (Wildman–Crippen MR) is 91.2 cm³/mol. The van der Waals surface area contributed by atoms with E-state index in [4.69, 9.17) is 16.3 Å². The van der Waals surface area contributed by atoms with Crippen LogP contribution in [0.15, 0.2) is 11.0 Å². The Hall–Kier alpha value is -1.76. The SMILES string of the molecule is CC(C)n1ncc(NCCCNC(=O)OC(C)(C)C)c(Cl)c1=O. The van der Waals surface area contributed by atoms with Crippen molar-refractivity contribution in [1.82, 2.24) is 15.1 Å². The molecule has 0 bridgehead atoms. The van der Waals surface area contributed by atoms with Gasteiger partial charge in [-0.25, -0.2) is 9.48 Å². The molecular weight excluding hydrogens is 320 g/mol. The van der Waals surface area contributed by atoms with Gasteiger partial charge in [0.05, 0.1) is 17.9 Å². The number of anilines is 1. The fourth-order valence-electron chi connectivity index (χ4n) is 1.75. The molecule has 0 aliphatic heterocycles. The van der Waals surface area contributed by atoms with Gasteiger partial charge in [0, 0.05) is 13.1 Å². The zero-order chi connectivity index (χ0) is 17.6. The molecule has 0 aliphatic carbocycles. The number of nitrogens with zero attached hydrogens (tertiary/aromatic N) is 2. The molecule has 23 heavy (non-hydrogen) atoms. The summed E-state index contributed by atoms with van der Waals surface area (Å²) in [6.07, 6.45) is 1.74. The third-order valence-corrected chi connectivity index (χ3v) is 3.14. The lowest BCUT2D eigenvalue weighted by Gasteiger charge is -2.19. The molecule has 0 unspecified atom stereocenters. The largest absolute Gasteiger partial charge is 0.444 e. The summed E-state index contributed by atoms with van der Waals surface area (Å²) in [4.78, 5) is 23.5. The summed E-state index contributed by atoms with van der Waals surface area (Å²) < 4.78 is 6.46. The van der Waals surface area contributed by atoms with E-state index in [1.165, 1.54) is 10.9 Å². The minimum atomic E-state index is -0.512. The summed E-state index contributed by atoms with van der Waals surface area (Å²) in [5.41, 5.74) is -0.341. The molecule has 1 aromatic heterocycles. The molecule has 0 spiro atoms. The molecule has 0 atom stereocenters. The highest BCUT2D eigenvalue weighted by atomic mass is 35.5. The van der Waals surface area contributed by atoms with Crippen LogP contribution in [0.2, 0.25) is 5.02 Å². The quantitative estimate of drug-likeness (QED) is 0.775. The molecule has 1 amide bonds. The monoisotopic (exact) mass is 344 g/mol. The number of aromatic nitrogens is 2. The third kappa shape index (κ3) is 6.48. The second-order valence-electron chi connectivity index (χ2n) is 6.42. The number of carbonyl (C=O) groups excluding carboxylic acids is 1. The first-order chi connectivity index (χ1) is 10.6. The van der Waals surface area contributed by atoms with E-state index in [1.807, 2.05) is 34.6 Å². The van der Waals surface area contributed by atoms with E-state index in [0.29, 0.717) is 25.2 Å². The van der Waals surface area contributed by atoms with Gasteiger partial charge < -0.3 is 15.4 Å². The highest BCUT2D eigenvalue weighted by molar-refractivity contribution is 6.32. The fraction of sp³-hybridized carbons (Fsp3) is 0.667. The van der Waals surface area contributed by atoms with Crippen molar-refractivity contribution >= 4 is 23.4 Å². The molecule has 130 valence electrons. The minimum Gasteiger partial charge on any atom is -0.444 e. The molecular formula is C15H25ClN4O3. The van der Waals surface area contributed by atoms with Crippen molar-refractivity contribution in [2.45, 2.75) is 52.7 Å². The van der Waals surface area contributed by atoms with Crippen LogP contribution in [-0.2, 0) is 4.74 Å². The highest BCUT2D eigenvalue weighted by Gasteiger charge is 2.15. The summed E-state index contributed by atoms with van der Waals surface area (Å²) in [7, 11) is 0. The molecule has 1 rings (SSSR count). The zero-order valence-corrected chi connectivity index (χ0v) is 15.0. The maximum atomic E-state index is 12.0.